The molecule has 0 aromatic heterocycles. The molecule has 1 saturated carbocycles. The quantitative estimate of drug-likeness (QED) is 0.906. The Bertz CT molecular complexity index is 509. The topological polar surface area (TPSA) is 47.6 Å². The van der Waals surface area contributed by atoms with E-state index in [0.29, 0.717) is 18.4 Å². The van der Waals surface area contributed by atoms with Crippen LogP contribution in [0.25, 0.3) is 0 Å². The third-order valence-electron chi connectivity index (χ3n) is 4.41. The molecule has 1 unspecified atom stereocenters. The van der Waals surface area contributed by atoms with E-state index in [2.05, 4.69) is 17.4 Å². The Balaban J connectivity index is 1.70. The van der Waals surface area contributed by atoms with Gasteiger partial charge in [-0.1, -0.05) is 6.07 Å². The van der Waals surface area contributed by atoms with Crippen molar-refractivity contribution >= 4 is 5.91 Å². The summed E-state index contributed by atoms with van der Waals surface area (Å²) < 4.78 is 11.5. The normalized spacial score (nSPS) is 22.3. The van der Waals surface area contributed by atoms with E-state index in [1.54, 1.807) is 7.11 Å². The molecule has 0 radical (unpaired) electrons. The third-order valence-corrected chi connectivity index (χ3v) is 4.41. The number of ether oxygens (including phenoxy) is 2. The van der Waals surface area contributed by atoms with Crippen molar-refractivity contribution in [3.8, 4) is 11.5 Å². The molecule has 1 aromatic rings. The molecule has 1 heterocycles. The molecule has 1 aliphatic carbocycles. The number of carbonyl (C=O) groups excluding carboxylic acids is 1. The molecule has 2 aliphatic rings. The Kier molecular flexibility index (Phi) is 4.32. The van der Waals surface area contributed by atoms with Crippen molar-refractivity contribution in [2.45, 2.75) is 44.6 Å². The van der Waals surface area contributed by atoms with Gasteiger partial charge in [0, 0.05) is 13.0 Å². The van der Waals surface area contributed by atoms with E-state index in [1.165, 1.54) is 18.4 Å². The largest absolute Gasteiger partial charge is 0.493 e. The first kappa shape index (κ1) is 14.2. The molecule has 2 fully saturated rings. The second kappa shape index (κ2) is 6.37. The van der Waals surface area contributed by atoms with Crippen LogP contribution < -0.4 is 14.8 Å². The highest BCUT2D eigenvalue weighted by atomic mass is 16.5. The SMILES string of the molecule is COc1ccc(CC2CNC(=O)C2)cc1OC1CCCC1. The number of benzene rings is 1. The molecule has 0 spiro atoms. The van der Waals surface area contributed by atoms with Crippen LogP contribution in [0, 0.1) is 5.92 Å². The molecule has 0 bridgehead atoms. The number of amides is 1. The standard InChI is InChI=1S/C17H23NO3/c1-20-15-7-6-12(8-13-10-17(19)18-11-13)9-16(15)21-14-4-2-3-5-14/h6-7,9,13-14H,2-5,8,10-11H2,1H3,(H,18,19). The highest BCUT2D eigenvalue weighted by Gasteiger charge is 2.23. The van der Waals surface area contributed by atoms with Crippen molar-refractivity contribution in [2.75, 3.05) is 13.7 Å². The lowest BCUT2D eigenvalue weighted by Gasteiger charge is -2.17. The zero-order chi connectivity index (χ0) is 14.7. The number of rotatable bonds is 5. The predicted molar refractivity (Wildman–Crippen MR) is 80.7 cm³/mol. The maximum Gasteiger partial charge on any atom is 0.220 e. The molecule has 1 N–H and O–H groups in total. The lowest BCUT2D eigenvalue weighted by molar-refractivity contribution is -0.119. The molecule has 1 aliphatic heterocycles. The van der Waals surface area contributed by atoms with Crippen LogP contribution in [0.4, 0.5) is 0 Å². The maximum absolute atomic E-state index is 11.3. The zero-order valence-electron chi connectivity index (χ0n) is 12.6. The van der Waals surface area contributed by atoms with Gasteiger partial charge in [0.25, 0.3) is 0 Å². The highest BCUT2D eigenvalue weighted by molar-refractivity contribution is 5.78. The van der Waals surface area contributed by atoms with Gasteiger partial charge in [-0.3, -0.25) is 4.79 Å². The van der Waals surface area contributed by atoms with Gasteiger partial charge in [0.05, 0.1) is 13.2 Å². The van der Waals surface area contributed by atoms with Crippen molar-refractivity contribution in [2.24, 2.45) is 5.92 Å². The van der Waals surface area contributed by atoms with Crippen LogP contribution in [0.15, 0.2) is 18.2 Å². The molecule has 21 heavy (non-hydrogen) atoms. The van der Waals surface area contributed by atoms with E-state index in [0.717, 1.165) is 37.3 Å². The zero-order valence-corrected chi connectivity index (χ0v) is 12.6. The first-order chi connectivity index (χ1) is 10.2. The van der Waals surface area contributed by atoms with Crippen LogP contribution in [-0.2, 0) is 11.2 Å². The van der Waals surface area contributed by atoms with Crippen LogP contribution in [0.3, 0.4) is 0 Å². The molecule has 114 valence electrons. The summed E-state index contributed by atoms with van der Waals surface area (Å²) in [6.45, 7) is 0.781. The van der Waals surface area contributed by atoms with E-state index in [9.17, 15) is 4.79 Å². The molecule has 3 rings (SSSR count). The summed E-state index contributed by atoms with van der Waals surface area (Å²) in [4.78, 5) is 11.3. The number of carbonyl (C=O) groups is 1. The Morgan fingerprint density at radius 3 is 2.71 bits per heavy atom. The molecule has 4 nitrogen and oxygen atoms in total. The maximum atomic E-state index is 11.3. The van der Waals surface area contributed by atoms with E-state index >= 15 is 0 Å². The summed E-state index contributed by atoms with van der Waals surface area (Å²) in [6.07, 6.45) is 6.63. The molecular weight excluding hydrogens is 266 g/mol. The monoisotopic (exact) mass is 289 g/mol. The summed E-state index contributed by atoms with van der Waals surface area (Å²) in [5.74, 6) is 2.20. The Labute approximate surface area is 125 Å². The summed E-state index contributed by atoms with van der Waals surface area (Å²) in [6, 6.07) is 6.13. The number of nitrogens with one attached hydrogen (secondary N) is 1. The fourth-order valence-corrected chi connectivity index (χ4v) is 3.27. The minimum atomic E-state index is 0.163. The first-order valence-electron chi connectivity index (χ1n) is 7.85. The van der Waals surface area contributed by atoms with E-state index < -0.39 is 0 Å². The van der Waals surface area contributed by atoms with Gasteiger partial charge in [-0.05, 0) is 55.7 Å². The van der Waals surface area contributed by atoms with Gasteiger partial charge in [-0.2, -0.15) is 0 Å². The number of methoxy groups -OCH3 is 1. The van der Waals surface area contributed by atoms with Crippen LogP contribution in [0.5, 0.6) is 11.5 Å². The lowest BCUT2D eigenvalue weighted by atomic mass is 9.98. The summed E-state index contributed by atoms with van der Waals surface area (Å²) >= 11 is 0. The summed E-state index contributed by atoms with van der Waals surface area (Å²) in [5.41, 5.74) is 1.21. The molecule has 1 amide bonds. The average molecular weight is 289 g/mol. The van der Waals surface area contributed by atoms with Crippen molar-refractivity contribution in [1.29, 1.82) is 0 Å². The van der Waals surface area contributed by atoms with Gasteiger partial charge in [0.2, 0.25) is 5.91 Å². The molecule has 1 aromatic carbocycles. The van der Waals surface area contributed by atoms with Gasteiger partial charge in [-0.15, -0.1) is 0 Å². The third kappa shape index (κ3) is 3.49. The van der Waals surface area contributed by atoms with E-state index in [4.69, 9.17) is 9.47 Å². The molecule has 1 atom stereocenters. The number of hydrogen-bond donors (Lipinski definition) is 1. The second-order valence-electron chi connectivity index (χ2n) is 6.09. The van der Waals surface area contributed by atoms with Crippen LogP contribution in [-0.4, -0.2) is 25.7 Å². The second-order valence-corrected chi connectivity index (χ2v) is 6.09. The lowest BCUT2D eigenvalue weighted by Crippen LogP contribution is -2.14. The van der Waals surface area contributed by atoms with Gasteiger partial charge in [0.15, 0.2) is 11.5 Å². The fraction of sp³-hybridized carbons (Fsp3) is 0.588. The minimum absolute atomic E-state index is 0.163. The Morgan fingerprint density at radius 2 is 2.05 bits per heavy atom. The summed E-state index contributed by atoms with van der Waals surface area (Å²) in [5, 5.41) is 2.89. The molecule has 1 saturated heterocycles. The number of hydrogen-bond acceptors (Lipinski definition) is 3. The van der Waals surface area contributed by atoms with Crippen molar-refractivity contribution in [3.05, 3.63) is 23.8 Å². The fourth-order valence-electron chi connectivity index (χ4n) is 3.27. The predicted octanol–water partition coefficient (Wildman–Crippen LogP) is 2.70. The van der Waals surface area contributed by atoms with Crippen molar-refractivity contribution in [1.82, 2.24) is 5.32 Å². The summed E-state index contributed by atoms with van der Waals surface area (Å²) in [7, 11) is 1.68. The average Bonchev–Trinajstić information content (AvgIpc) is 3.11. The van der Waals surface area contributed by atoms with Crippen molar-refractivity contribution in [3.63, 3.8) is 0 Å². The van der Waals surface area contributed by atoms with Crippen LogP contribution >= 0.6 is 0 Å². The van der Waals surface area contributed by atoms with Crippen molar-refractivity contribution < 1.29 is 14.3 Å². The highest BCUT2D eigenvalue weighted by Crippen LogP contribution is 2.33. The van der Waals surface area contributed by atoms with Gasteiger partial charge >= 0.3 is 0 Å². The van der Waals surface area contributed by atoms with Crippen LogP contribution in [0.1, 0.15) is 37.7 Å². The first-order valence-corrected chi connectivity index (χ1v) is 7.85. The minimum Gasteiger partial charge on any atom is -0.493 e. The molecule has 4 heteroatoms. The van der Waals surface area contributed by atoms with Gasteiger partial charge < -0.3 is 14.8 Å². The van der Waals surface area contributed by atoms with Crippen LogP contribution in [0.2, 0.25) is 0 Å². The van der Waals surface area contributed by atoms with E-state index in [1.807, 2.05) is 6.07 Å². The Morgan fingerprint density at radius 1 is 1.24 bits per heavy atom. The van der Waals surface area contributed by atoms with Gasteiger partial charge in [-0.25, -0.2) is 0 Å². The molecular formula is C17H23NO3. The van der Waals surface area contributed by atoms with Gasteiger partial charge in [0.1, 0.15) is 0 Å². The smallest absolute Gasteiger partial charge is 0.220 e. The Hall–Kier alpha value is -1.71. The van der Waals surface area contributed by atoms with E-state index in [-0.39, 0.29) is 5.91 Å².